The Morgan fingerprint density at radius 2 is 2.38 bits per heavy atom. The Balaban J connectivity index is 2.48. The van der Waals surface area contributed by atoms with Gasteiger partial charge in [-0.05, 0) is 12.5 Å². The molecule has 1 aliphatic rings. The molecule has 0 aromatic heterocycles. The fraction of sp³-hybridized carbons (Fsp3) is 0.500. The van der Waals surface area contributed by atoms with Crippen LogP contribution in [0.25, 0.3) is 0 Å². The van der Waals surface area contributed by atoms with Crippen molar-refractivity contribution >= 4 is 5.97 Å². The fourth-order valence-electron chi connectivity index (χ4n) is 1.22. The van der Waals surface area contributed by atoms with Crippen LogP contribution in [-0.2, 0) is 14.3 Å². The SMILES string of the molecule is CCOC(=O)C1C=CC(COC)=C1. The topological polar surface area (TPSA) is 35.5 Å². The summed E-state index contributed by atoms with van der Waals surface area (Å²) in [6.07, 6.45) is 5.58. The number of hydrogen-bond acceptors (Lipinski definition) is 3. The summed E-state index contributed by atoms with van der Waals surface area (Å²) in [7, 11) is 1.63. The minimum Gasteiger partial charge on any atom is -0.465 e. The maximum atomic E-state index is 11.2. The number of hydrogen-bond donors (Lipinski definition) is 0. The lowest BCUT2D eigenvalue weighted by molar-refractivity contribution is -0.144. The second-order valence-corrected chi connectivity index (χ2v) is 2.81. The van der Waals surface area contributed by atoms with Crippen molar-refractivity contribution in [1.29, 1.82) is 0 Å². The van der Waals surface area contributed by atoms with Gasteiger partial charge in [-0.3, -0.25) is 4.79 Å². The molecular weight excluding hydrogens is 168 g/mol. The molecule has 0 heterocycles. The van der Waals surface area contributed by atoms with Crippen molar-refractivity contribution in [3.8, 4) is 0 Å². The summed E-state index contributed by atoms with van der Waals surface area (Å²) < 4.78 is 9.82. The number of rotatable bonds is 4. The Bertz CT molecular complexity index is 241. The molecule has 1 unspecified atom stereocenters. The molecule has 13 heavy (non-hydrogen) atoms. The van der Waals surface area contributed by atoms with Crippen LogP contribution in [0.5, 0.6) is 0 Å². The van der Waals surface area contributed by atoms with Crippen LogP contribution in [0, 0.1) is 5.92 Å². The van der Waals surface area contributed by atoms with E-state index in [0.29, 0.717) is 13.2 Å². The third kappa shape index (κ3) is 2.70. The normalized spacial score (nSPS) is 20.2. The summed E-state index contributed by atoms with van der Waals surface area (Å²) in [5.74, 6) is -0.407. The van der Waals surface area contributed by atoms with Gasteiger partial charge in [0.2, 0.25) is 0 Å². The zero-order chi connectivity index (χ0) is 9.68. The predicted octanol–water partition coefficient (Wildman–Crippen LogP) is 1.31. The number of carbonyl (C=O) groups is 1. The van der Waals surface area contributed by atoms with E-state index in [1.165, 1.54) is 0 Å². The molecule has 0 aromatic rings. The Morgan fingerprint density at radius 3 is 3.00 bits per heavy atom. The molecule has 1 atom stereocenters. The molecule has 1 rings (SSSR count). The average molecular weight is 182 g/mol. The van der Waals surface area contributed by atoms with Crippen molar-refractivity contribution < 1.29 is 14.3 Å². The van der Waals surface area contributed by atoms with Gasteiger partial charge in [0.25, 0.3) is 0 Å². The standard InChI is InChI=1S/C10H14O3/c1-3-13-10(11)9-5-4-8(6-9)7-12-2/h4-6,9H,3,7H2,1-2H3. The van der Waals surface area contributed by atoms with E-state index >= 15 is 0 Å². The minimum absolute atomic E-state index is 0.190. The van der Waals surface area contributed by atoms with Gasteiger partial charge in [0.1, 0.15) is 0 Å². The molecule has 1 aliphatic carbocycles. The zero-order valence-corrected chi connectivity index (χ0v) is 7.95. The first kappa shape index (κ1) is 9.99. The lowest BCUT2D eigenvalue weighted by Crippen LogP contribution is -2.12. The number of methoxy groups -OCH3 is 1. The zero-order valence-electron chi connectivity index (χ0n) is 7.95. The van der Waals surface area contributed by atoms with Gasteiger partial charge in [0, 0.05) is 7.11 Å². The molecule has 0 radical (unpaired) electrons. The maximum Gasteiger partial charge on any atom is 0.316 e. The van der Waals surface area contributed by atoms with Crippen LogP contribution in [-0.4, -0.2) is 26.3 Å². The Hall–Kier alpha value is -1.09. The molecule has 3 nitrogen and oxygen atoms in total. The number of esters is 1. The van der Waals surface area contributed by atoms with Crippen LogP contribution in [0.4, 0.5) is 0 Å². The van der Waals surface area contributed by atoms with Crippen LogP contribution in [0.2, 0.25) is 0 Å². The highest BCUT2D eigenvalue weighted by molar-refractivity contribution is 5.78. The van der Waals surface area contributed by atoms with E-state index in [1.54, 1.807) is 14.0 Å². The number of carbonyl (C=O) groups excluding carboxylic acids is 1. The molecule has 0 amide bonds. The summed E-state index contributed by atoms with van der Waals surface area (Å²) >= 11 is 0. The lowest BCUT2D eigenvalue weighted by atomic mass is 10.2. The van der Waals surface area contributed by atoms with E-state index in [1.807, 2.05) is 18.2 Å². The highest BCUT2D eigenvalue weighted by atomic mass is 16.5. The van der Waals surface area contributed by atoms with E-state index in [-0.39, 0.29) is 11.9 Å². The van der Waals surface area contributed by atoms with Crippen LogP contribution in [0.15, 0.2) is 23.8 Å². The smallest absolute Gasteiger partial charge is 0.316 e. The van der Waals surface area contributed by atoms with Crippen LogP contribution in [0.1, 0.15) is 6.92 Å². The fourth-order valence-corrected chi connectivity index (χ4v) is 1.22. The molecule has 0 bridgehead atoms. The Morgan fingerprint density at radius 1 is 1.62 bits per heavy atom. The summed E-state index contributed by atoms with van der Waals surface area (Å²) in [4.78, 5) is 11.2. The summed E-state index contributed by atoms with van der Waals surface area (Å²) in [5, 5.41) is 0. The van der Waals surface area contributed by atoms with Crippen molar-refractivity contribution in [2.45, 2.75) is 6.92 Å². The summed E-state index contributed by atoms with van der Waals surface area (Å²) in [5.41, 5.74) is 1.03. The van der Waals surface area contributed by atoms with E-state index in [0.717, 1.165) is 5.57 Å². The van der Waals surface area contributed by atoms with E-state index in [4.69, 9.17) is 9.47 Å². The molecule has 0 saturated carbocycles. The van der Waals surface area contributed by atoms with Gasteiger partial charge in [0.05, 0.1) is 19.1 Å². The average Bonchev–Trinajstić information content (AvgIpc) is 2.54. The Labute approximate surface area is 78.0 Å². The van der Waals surface area contributed by atoms with Crippen LogP contribution in [0.3, 0.4) is 0 Å². The maximum absolute atomic E-state index is 11.2. The molecule has 0 spiro atoms. The van der Waals surface area contributed by atoms with Gasteiger partial charge in [-0.2, -0.15) is 0 Å². The van der Waals surface area contributed by atoms with Crippen molar-refractivity contribution in [2.24, 2.45) is 5.92 Å². The van der Waals surface area contributed by atoms with Crippen molar-refractivity contribution in [3.63, 3.8) is 0 Å². The van der Waals surface area contributed by atoms with Gasteiger partial charge < -0.3 is 9.47 Å². The van der Waals surface area contributed by atoms with Gasteiger partial charge in [-0.1, -0.05) is 18.2 Å². The highest BCUT2D eigenvalue weighted by Crippen LogP contribution is 2.17. The summed E-state index contributed by atoms with van der Waals surface area (Å²) in [6, 6.07) is 0. The first-order valence-electron chi connectivity index (χ1n) is 4.32. The predicted molar refractivity (Wildman–Crippen MR) is 49.2 cm³/mol. The van der Waals surface area contributed by atoms with Crippen LogP contribution >= 0.6 is 0 Å². The monoisotopic (exact) mass is 182 g/mol. The number of ether oxygens (including phenoxy) is 2. The largest absolute Gasteiger partial charge is 0.465 e. The van der Waals surface area contributed by atoms with Crippen molar-refractivity contribution in [1.82, 2.24) is 0 Å². The van der Waals surface area contributed by atoms with Gasteiger partial charge in [0.15, 0.2) is 0 Å². The van der Waals surface area contributed by atoms with Crippen LogP contribution < -0.4 is 0 Å². The van der Waals surface area contributed by atoms with Gasteiger partial charge in [-0.25, -0.2) is 0 Å². The van der Waals surface area contributed by atoms with Gasteiger partial charge >= 0.3 is 5.97 Å². The molecule has 0 fully saturated rings. The van der Waals surface area contributed by atoms with E-state index in [9.17, 15) is 4.79 Å². The Kier molecular flexibility index (Phi) is 3.71. The lowest BCUT2D eigenvalue weighted by Gasteiger charge is -2.03. The molecule has 0 saturated heterocycles. The molecule has 0 N–H and O–H groups in total. The molecule has 3 heteroatoms. The van der Waals surface area contributed by atoms with Crippen molar-refractivity contribution in [2.75, 3.05) is 20.3 Å². The molecule has 0 aromatic carbocycles. The third-order valence-electron chi connectivity index (χ3n) is 1.78. The second kappa shape index (κ2) is 4.82. The molecule has 0 aliphatic heterocycles. The van der Waals surface area contributed by atoms with Crippen molar-refractivity contribution in [3.05, 3.63) is 23.8 Å². The third-order valence-corrected chi connectivity index (χ3v) is 1.78. The van der Waals surface area contributed by atoms with E-state index < -0.39 is 0 Å². The summed E-state index contributed by atoms with van der Waals surface area (Å²) in [6.45, 7) is 2.78. The molecular formula is C10H14O3. The quantitative estimate of drug-likeness (QED) is 0.615. The first-order chi connectivity index (χ1) is 6.27. The minimum atomic E-state index is -0.218. The first-order valence-corrected chi connectivity index (χ1v) is 4.32. The van der Waals surface area contributed by atoms with Gasteiger partial charge in [-0.15, -0.1) is 0 Å². The molecule has 72 valence electrons. The van der Waals surface area contributed by atoms with E-state index in [2.05, 4.69) is 0 Å². The second-order valence-electron chi connectivity index (χ2n) is 2.81. The highest BCUT2D eigenvalue weighted by Gasteiger charge is 2.18.